The van der Waals surface area contributed by atoms with E-state index in [2.05, 4.69) is 24.8 Å². The van der Waals surface area contributed by atoms with Crippen molar-refractivity contribution >= 4 is 11.9 Å². The van der Waals surface area contributed by atoms with Crippen molar-refractivity contribution in [3.63, 3.8) is 0 Å². The van der Waals surface area contributed by atoms with Crippen LogP contribution in [0.2, 0.25) is 0 Å². The average molecular weight is 447 g/mol. The van der Waals surface area contributed by atoms with E-state index in [0.29, 0.717) is 6.61 Å². The zero-order valence-corrected chi connectivity index (χ0v) is 17.3. The Morgan fingerprint density at radius 1 is 1.26 bits per heavy atom. The van der Waals surface area contributed by atoms with Gasteiger partial charge in [-0.15, -0.1) is 10.2 Å². The molecule has 0 aromatic carbocycles. The molecule has 0 radical (unpaired) electrons. The van der Waals surface area contributed by atoms with Crippen LogP contribution in [0, 0.1) is 0 Å². The average Bonchev–Trinajstić information content (AvgIpc) is 3.27. The molecular weight excluding hydrogens is 423 g/mol. The van der Waals surface area contributed by atoms with E-state index in [4.69, 9.17) is 14.6 Å². The van der Waals surface area contributed by atoms with Crippen LogP contribution in [-0.4, -0.2) is 84.8 Å². The van der Waals surface area contributed by atoms with E-state index < -0.39 is 12.1 Å². The monoisotopic (exact) mass is 447 g/mol. The molecule has 0 unspecified atom stereocenters. The Morgan fingerprint density at radius 3 is 2.48 bits per heavy atom. The van der Waals surface area contributed by atoms with Gasteiger partial charge in [0.25, 0.3) is 0 Å². The number of carboxylic acids is 1. The topological polar surface area (TPSA) is 119 Å². The maximum atomic E-state index is 11.5. The van der Waals surface area contributed by atoms with E-state index in [1.165, 1.54) is 10.5 Å². The first-order chi connectivity index (χ1) is 14.5. The number of hydrogen-bond acceptors (Lipinski definition) is 7. The predicted molar refractivity (Wildman–Crippen MR) is 99.4 cm³/mol. The summed E-state index contributed by atoms with van der Waals surface area (Å²) in [5.74, 6) is -1.11. The standard InChI is InChI=1S/C15H23N7O2.C2HF3O2/c1-19(2)15(23)11-24-10-14-18-17-13-9-21(4-5-22(13)14)8-12-6-16-20(3)7-12;3-2(4,5)1(6)7/h6-7H,4-5,8-11H2,1-3H3;(H,6,7). The van der Waals surface area contributed by atoms with E-state index in [1.54, 1.807) is 14.1 Å². The molecule has 2 aromatic rings. The molecule has 1 amide bonds. The highest BCUT2D eigenvalue weighted by molar-refractivity contribution is 5.76. The van der Waals surface area contributed by atoms with Gasteiger partial charge in [-0.2, -0.15) is 18.3 Å². The Labute approximate surface area is 176 Å². The Kier molecular flexibility index (Phi) is 8.10. The van der Waals surface area contributed by atoms with Crippen molar-refractivity contribution < 1.29 is 32.6 Å². The highest BCUT2D eigenvalue weighted by atomic mass is 19.4. The lowest BCUT2D eigenvalue weighted by Crippen LogP contribution is -2.34. The molecule has 1 aliphatic heterocycles. The summed E-state index contributed by atoms with van der Waals surface area (Å²) < 4.78 is 41.1. The summed E-state index contributed by atoms with van der Waals surface area (Å²) in [6.45, 7) is 3.70. The Hall–Kier alpha value is -3.00. The van der Waals surface area contributed by atoms with Gasteiger partial charge < -0.3 is 19.3 Å². The van der Waals surface area contributed by atoms with Crippen molar-refractivity contribution in [1.29, 1.82) is 0 Å². The number of alkyl halides is 3. The summed E-state index contributed by atoms with van der Waals surface area (Å²) in [7, 11) is 5.34. The maximum absolute atomic E-state index is 11.5. The van der Waals surface area contributed by atoms with Gasteiger partial charge in [0, 0.05) is 52.5 Å². The van der Waals surface area contributed by atoms with E-state index in [-0.39, 0.29) is 12.5 Å². The Bertz CT molecular complexity index is 895. The first kappa shape index (κ1) is 24.3. The number of rotatable bonds is 6. The summed E-state index contributed by atoms with van der Waals surface area (Å²) >= 11 is 0. The molecule has 1 N–H and O–H groups in total. The summed E-state index contributed by atoms with van der Waals surface area (Å²) in [6.07, 6.45) is -1.17. The number of nitrogens with zero attached hydrogens (tertiary/aromatic N) is 7. The fourth-order valence-electron chi connectivity index (χ4n) is 2.68. The molecule has 0 fully saturated rings. The van der Waals surface area contributed by atoms with E-state index in [9.17, 15) is 18.0 Å². The van der Waals surface area contributed by atoms with Gasteiger partial charge in [0.1, 0.15) is 19.0 Å². The number of aromatic nitrogens is 5. The van der Waals surface area contributed by atoms with Crippen molar-refractivity contribution in [2.45, 2.75) is 32.4 Å². The van der Waals surface area contributed by atoms with Crippen LogP contribution in [0.4, 0.5) is 13.2 Å². The second kappa shape index (κ2) is 10.3. The van der Waals surface area contributed by atoms with Crippen LogP contribution in [0.15, 0.2) is 12.4 Å². The third-order valence-corrected chi connectivity index (χ3v) is 4.27. The zero-order valence-electron chi connectivity index (χ0n) is 17.3. The molecule has 0 bridgehead atoms. The zero-order chi connectivity index (χ0) is 23.2. The minimum Gasteiger partial charge on any atom is -0.475 e. The smallest absolute Gasteiger partial charge is 0.475 e. The summed E-state index contributed by atoms with van der Waals surface area (Å²) in [4.78, 5) is 24.2. The van der Waals surface area contributed by atoms with Crippen molar-refractivity contribution in [2.24, 2.45) is 7.05 Å². The van der Waals surface area contributed by atoms with Gasteiger partial charge in [-0.05, 0) is 0 Å². The van der Waals surface area contributed by atoms with Gasteiger partial charge >= 0.3 is 12.1 Å². The van der Waals surface area contributed by atoms with E-state index in [0.717, 1.165) is 37.8 Å². The summed E-state index contributed by atoms with van der Waals surface area (Å²) in [5, 5.41) is 19.8. The summed E-state index contributed by atoms with van der Waals surface area (Å²) in [6, 6.07) is 0. The molecule has 0 spiro atoms. The second-order valence-electron chi connectivity index (χ2n) is 7.00. The molecule has 14 heteroatoms. The van der Waals surface area contributed by atoms with Crippen LogP contribution in [0.3, 0.4) is 0 Å². The Morgan fingerprint density at radius 2 is 1.94 bits per heavy atom. The predicted octanol–water partition coefficient (Wildman–Crippen LogP) is 0.266. The molecule has 1 aliphatic rings. The number of carbonyl (C=O) groups excluding carboxylic acids is 1. The molecule has 0 saturated carbocycles. The maximum Gasteiger partial charge on any atom is 0.490 e. The fourth-order valence-corrected chi connectivity index (χ4v) is 2.68. The van der Waals surface area contributed by atoms with Crippen LogP contribution < -0.4 is 0 Å². The van der Waals surface area contributed by atoms with Gasteiger partial charge in [-0.3, -0.25) is 14.4 Å². The van der Waals surface area contributed by atoms with Crippen molar-refractivity contribution in [2.75, 3.05) is 27.2 Å². The normalized spacial score (nSPS) is 13.9. The number of aliphatic carboxylic acids is 1. The van der Waals surface area contributed by atoms with Crippen LogP contribution in [0.25, 0.3) is 0 Å². The lowest BCUT2D eigenvalue weighted by Gasteiger charge is -2.27. The lowest BCUT2D eigenvalue weighted by atomic mass is 10.3. The molecule has 0 aliphatic carbocycles. The summed E-state index contributed by atoms with van der Waals surface area (Å²) in [5.41, 5.74) is 1.19. The number of fused-ring (bicyclic) bond motifs is 1. The number of likely N-dealkylation sites (N-methyl/N-ethyl adjacent to an activating group) is 1. The highest BCUT2D eigenvalue weighted by Crippen LogP contribution is 2.15. The number of ether oxygens (including phenoxy) is 1. The van der Waals surface area contributed by atoms with Crippen LogP contribution >= 0.6 is 0 Å². The third-order valence-electron chi connectivity index (χ3n) is 4.27. The van der Waals surface area contributed by atoms with Gasteiger partial charge in [0.05, 0.1) is 12.7 Å². The lowest BCUT2D eigenvalue weighted by molar-refractivity contribution is -0.192. The van der Waals surface area contributed by atoms with Gasteiger partial charge in [-0.25, -0.2) is 4.79 Å². The SMILES string of the molecule is CN(C)C(=O)COCc1nnc2n1CCN(Cc1cnn(C)c1)C2.O=C(O)C(F)(F)F. The number of aryl methyl sites for hydroxylation is 1. The first-order valence-corrected chi connectivity index (χ1v) is 9.16. The first-order valence-electron chi connectivity index (χ1n) is 9.16. The van der Waals surface area contributed by atoms with Crippen molar-refractivity contribution in [3.05, 3.63) is 29.6 Å². The Balaban J connectivity index is 0.000000423. The minimum atomic E-state index is -5.08. The number of carbonyl (C=O) groups is 2. The van der Waals surface area contributed by atoms with Crippen LogP contribution in [0.5, 0.6) is 0 Å². The molecule has 3 rings (SSSR count). The number of carboxylic acid groups (broad SMARTS) is 1. The molecule has 0 atom stereocenters. The molecule has 31 heavy (non-hydrogen) atoms. The molecule has 2 aromatic heterocycles. The number of halogens is 3. The van der Waals surface area contributed by atoms with E-state index in [1.807, 2.05) is 24.1 Å². The quantitative estimate of drug-likeness (QED) is 0.670. The minimum absolute atomic E-state index is 0.0579. The number of hydrogen-bond donors (Lipinski definition) is 1. The van der Waals surface area contributed by atoms with E-state index >= 15 is 0 Å². The van der Waals surface area contributed by atoms with Crippen molar-refractivity contribution in [1.82, 2.24) is 34.3 Å². The molecule has 3 heterocycles. The second-order valence-corrected chi connectivity index (χ2v) is 7.00. The number of amides is 1. The largest absolute Gasteiger partial charge is 0.490 e. The highest BCUT2D eigenvalue weighted by Gasteiger charge is 2.38. The fraction of sp³-hybridized carbons (Fsp3) is 0.588. The third kappa shape index (κ3) is 7.32. The molecule has 0 saturated heterocycles. The molecule has 11 nitrogen and oxygen atoms in total. The van der Waals surface area contributed by atoms with Gasteiger partial charge in [0.15, 0.2) is 5.82 Å². The molecular formula is C17H24F3N7O4. The van der Waals surface area contributed by atoms with Gasteiger partial charge in [-0.1, -0.05) is 0 Å². The van der Waals surface area contributed by atoms with Crippen molar-refractivity contribution in [3.8, 4) is 0 Å². The van der Waals surface area contributed by atoms with Crippen LogP contribution in [0.1, 0.15) is 17.2 Å². The molecule has 172 valence electrons. The van der Waals surface area contributed by atoms with Gasteiger partial charge in [0.2, 0.25) is 5.91 Å². The van der Waals surface area contributed by atoms with Crippen LogP contribution in [-0.2, 0) is 47.6 Å².